The summed E-state index contributed by atoms with van der Waals surface area (Å²) in [5, 5.41) is 4.79. The van der Waals surface area contributed by atoms with E-state index in [1.165, 1.54) is 5.38 Å². The Hall–Kier alpha value is -1.44. The molecule has 0 aliphatic carbocycles. The van der Waals surface area contributed by atoms with Crippen LogP contribution in [0.4, 0.5) is 5.69 Å². The lowest BCUT2D eigenvalue weighted by molar-refractivity contribution is 0.0526. The molecule has 1 aromatic heterocycles. The number of benzene rings is 1. The van der Waals surface area contributed by atoms with Crippen LogP contribution in [0.2, 0.25) is 5.02 Å². The molecule has 0 radical (unpaired) electrons. The lowest BCUT2D eigenvalue weighted by Gasteiger charge is -2.04. The van der Waals surface area contributed by atoms with Gasteiger partial charge in [-0.3, -0.25) is 4.79 Å². The third-order valence-corrected chi connectivity index (χ3v) is 4.42. The monoisotopic (exact) mass is 388 g/mol. The van der Waals surface area contributed by atoms with Crippen molar-refractivity contribution in [3.63, 3.8) is 0 Å². The van der Waals surface area contributed by atoms with E-state index in [2.05, 4.69) is 26.2 Å². The molecule has 0 atom stereocenters. The van der Waals surface area contributed by atoms with E-state index in [9.17, 15) is 9.59 Å². The van der Waals surface area contributed by atoms with E-state index in [1.807, 2.05) is 0 Å². The number of halogens is 2. The lowest BCUT2D eigenvalue weighted by atomic mass is 10.3. The van der Waals surface area contributed by atoms with Crippen molar-refractivity contribution in [3.8, 4) is 0 Å². The minimum absolute atomic E-state index is 0.149. The lowest BCUT2D eigenvalue weighted by Crippen LogP contribution is -2.13. The van der Waals surface area contributed by atoms with Crippen LogP contribution >= 0.6 is 38.9 Å². The third-order valence-electron chi connectivity index (χ3n) is 2.36. The Bertz CT molecular complexity index is 690. The van der Waals surface area contributed by atoms with Crippen LogP contribution < -0.4 is 5.32 Å². The first-order valence-corrected chi connectivity index (χ1v) is 7.95. The molecule has 0 unspecified atom stereocenters. The SMILES string of the molecule is CCOC(=O)c1nc(C(=O)Nc2ccc(Br)c(Cl)c2)cs1. The molecule has 0 saturated carbocycles. The molecule has 0 fully saturated rings. The van der Waals surface area contributed by atoms with Gasteiger partial charge in [0, 0.05) is 15.5 Å². The van der Waals surface area contributed by atoms with E-state index in [0.29, 0.717) is 10.7 Å². The predicted octanol–water partition coefficient (Wildman–Crippen LogP) is 3.99. The van der Waals surface area contributed by atoms with Crippen LogP contribution in [0.1, 0.15) is 27.2 Å². The van der Waals surface area contributed by atoms with Crippen molar-refractivity contribution in [1.29, 1.82) is 0 Å². The highest BCUT2D eigenvalue weighted by atomic mass is 79.9. The number of rotatable bonds is 4. The molecule has 1 N–H and O–H groups in total. The van der Waals surface area contributed by atoms with Gasteiger partial charge in [-0.25, -0.2) is 9.78 Å². The quantitative estimate of drug-likeness (QED) is 0.803. The zero-order chi connectivity index (χ0) is 15.4. The Labute approximate surface area is 138 Å². The van der Waals surface area contributed by atoms with Gasteiger partial charge in [0.15, 0.2) is 0 Å². The molecule has 0 saturated heterocycles. The summed E-state index contributed by atoms with van der Waals surface area (Å²) in [7, 11) is 0. The normalized spacial score (nSPS) is 10.2. The van der Waals surface area contributed by atoms with Gasteiger partial charge in [-0.1, -0.05) is 11.6 Å². The summed E-state index contributed by atoms with van der Waals surface area (Å²) in [5.41, 5.74) is 0.695. The number of esters is 1. The number of ether oxygens (including phenoxy) is 1. The molecule has 1 amide bonds. The van der Waals surface area contributed by atoms with Crippen LogP contribution in [0.3, 0.4) is 0 Å². The highest BCUT2D eigenvalue weighted by molar-refractivity contribution is 9.10. The molecule has 110 valence electrons. The van der Waals surface area contributed by atoms with E-state index >= 15 is 0 Å². The van der Waals surface area contributed by atoms with Crippen LogP contribution in [0.5, 0.6) is 0 Å². The first-order chi connectivity index (χ1) is 10.0. The second-order valence-corrected chi connectivity index (χ2v) is 5.96. The molecular formula is C13H10BrClN2O3S. The topological polar surface area (TPSA) is 68.3 Å². The Morgan fingerprint density at radius 2 is 2.24 bits per heavy atom. The first-order valence-electron chi connectivity index (χ1n) is 5.90. The van der Waals surface area contributed by atoms with Crippen LogP contribution in [0.15, 0.2) is 28.1 Å². The van der Waals surface area contributed by atoms with Gasteiger partial charge >= 0.3 is 5.97 Å². The highest BCUT2D eigenvalue weighted by Gasteiger charge is 2.16. The largest absolute Gasteiger partial charge is 0.461 e. The van der Waals surface area contributed by atoms with Gasteiger partial charge in [-0.05, 0) is 41.1 Å². The summed E-state index contributed by atoms with van der Waals surface area (Å²) >= 11 is 10.3. The maximum atomic E-state index is 12.0. The van der Waals surface area contributed by atoms with Crippen molar-refractivity contribution in [1.82, 2.24) is 4.98 Å². The fourth-order valence-electron chi connectivity index (χ4n) is 1.43. The standard InChI is InChI=1S/C13H10BrClN2O3S/c1-2-20-13(19)12-17-10(6-21-12)11(18)16-7-3-4-8(14)9(15)5-7/h3-6H,2H2,1H3,(H,16,18). The summed E-state index contributed by atoms with van der Waals surface area (Å²) in [5.74, 6) is -0.951. The number of thiazole rings is 1. The molecule has 0 aliphatic heterocycles. The van der Waals surface area contributed by atoms with Crippen molar-refractivity contribution < 1.29 is 14.3 Å². The summed E-state index contributed by atoms with van der Waals surface area (Å²) in [6.45, 7) is 1.97. The van der Waals surface area contributed by atoms with E-state index < -0.39 is 11.9 Å². The van der Waals surface area contributed by atoms with Gasteiger partial charge < -0.3 is 10.1 Å². The van der Waals surface area contributed by atoms with Gasteiger partial charge in [0.2, 0.25) is 5.01 Å². The maximum absolute atomic E-state index is 12.0. The average Bonchev–Trinajstić information content (AvgIpc) is 2.93. The Morgan fingerprint density at radius 1 is 1.48 bits per heavy atom. The van der Waals surface area contributed by atoms with Crippen LogP contribution in [0.25, 0.3) is 0 Å². The Kier molecular flexibility index (Phi) is 5.33. The minimum Gasteiger partial charge on any atom is -0.461 e. The van der Waals surface area contributed by atoms with Crippen LogP contribution in [0, 0.1) is 0 Å². The van der Waals surface area contributed by atoms with Crippen LogP contribution in [-0.2, 0) is 4.74 Å². The zero-order valence-corrected chi connectivity index (χ0v) is 14.0. The number of nitrogens with zero attached hydrogens (tertiary/aromatic N) is 1. The fourth-order valence-corrected chi connectivity index (χ4v) is 2.55. The summed E-state index contributed by atoms with van der Waals surface area (Å²) < 4.78 is 5.56. The third kappa shape index (κ3) is 4.03. The highest BCUT2D eigenvalue weighted by Crippen LogP contribution is 2.25. The van der Waals surface area contributed by atoms with Crippen molar-refractivity contribution in [2.45, 2.75) is 6.92 Å². The van der Waals surface area contributed by atoms with E-state index in [-0.39, 0.29) is 17.3 Å². The Morgan fingerprint density at radius 3 is 2.90 bits per heavy atom. The number of anilines is 1. The number of hydrogen-bond donors (Lipinski definition) is 1. The van der Waals surface area contributed by atoms with Crippen molar-refractivity contribution in [2.24, 2.45) is 0 Å². The van der Waals surface area contributed by atoms with E-state index in [1.54, 1.807) is 25.1 Å². The molecule has 5 nitrogen and oxygen atoms in total. The first kappa shape index (κ1) is 15.9. The molecule has 21 heavy (non-hydrogen) atoms. The average molecular weight is 390 g/mol. The number of aromatic nitrogens is 1. The molecule has 0 aliphatic rings. The number of carbonyl (C=O) groups is 2. The number of carbonyl (C=O) groups excluding carboxylic acids is 2. The molecule has 1 heterocycles. The number of amides is 1. The van der Waals surface area contributed by atoms with Crippen molar-refractivity contribution in [2.75, 3.05) is 11.9 Å². The summed E-state index contributed by atoms with van der Waals surface area (Å²) in [6.07, 6.45) is 0. The second-order valence-electron chi connectivity index (χ2n) is 3.84. The van der Waals surface area contributed by atoms with Gasteiger partial charge in [-0.2, -0.15) is 0 Å². The molecule has 2 rings (SSSR count). The predicted molar refractivity (Wildman–Crippen MR) is 85.2 cm³/mol. The van der Waals surface area contributed by atoms with E-state index in [4.69, 9.17) is 16.3 Å². The van der Waals surface area contributed by atoms with E-state index in [0.717, 1.165) is 15.8 Å². The Balaban J connectivity index is 2.10. The maximum Gasteiger partial charge on any atom is 0.367 e. The van der Waals surface area contributed by atoms with Gasteiger partial charge in [0.25, 0.3) is 5.91 Å². The fraction of sp³-hybridized carbons (Fsp3) is 0.154. The molecule has 0 spiro atoms. The van der Waals surface area contributed by atoms with Crippen LogP contribution in [-0.4, -0.2) is 23.5 Å². The van der Waals surface area contributed by atoms with Crippen molar-refractivity contribution in [3.05, 3.63) is 43.8 Å². The zero-order valence-electron chi connectivity index (χ0n) is 10.9. The second kappa shape index (κ2) is 7.02. The van der Waals surface area contributed by atoms with Gasteiger partial charge in [-0.15, -0.1) is 11.3 Å². The molecular weight excluding hydrogens is 380 g/mol. The minimum atomic E-state index is -0.534. The van der Waals surface area contributed by atoms with Gasteiger partial charge in [0.05, 0.1) is 11.6 Å². The molecule has 2 aromatic rings. The molecule has 1 aromatic carbocycles. The molecule has 8 heteroatoms. The van der Waals surface area contributed by atoms with Crippen molar-refractivity contribution >= 4 is 56.4 Å². The summed E-state index contributed by atoms with van der Waals surface area (Å²) in [6, 6.07) is 5.04. The smallest absolute Gasteiger partial charge is 0.367 e. The number of hydrogen-bond acceptors (Lipinski definition) is 5. The number of nitrogens with one attached hydrogen (secondary N) is 1. The molecule has 0 bridgehead atoms. The summed E-state index contributed by atoms with van der Waals surface area (Å²) in [4.78, 5) is 27.5. The van der Waals surface area contributed by atoms with Gasteiger partial charge in [0.1, 0.15) is 5.69 Å².